The Balaban J connectivity index is 1.94. The summed E-state index contributed by atoms with van der Waals surface area (Å²) in [5, 5.41) is 28.4. The Hall–Kier alpha value is -1.93. The van der Waals surface area contributed by atoms with Crippen LogP contribution >= 0.6 is 11.6 Å². The van der Waals surface area contributed by atoms with Crippen molar-refractivity contribution >= 4 is 17.3 Å². The first-order chi connectivity index (χ1) is 8.54. The predicted octanol–water partition coefficient (Wildman–Crippen LogP) is 0.702. The number of halogens is 1. The van der Waals surface area contributed by atoms with Crippen molar-refractivity contribution in [3.05, 3.63) is 39.9 Å². The molecule has 2 heterocycles. The topological polar surface area (TPSA) is 99.0 Å². The van der Waals surface area contributed by atoms with E-state index in [4.69, 9.17) is 11.6 Å². The van der Waals surface area contributed by atoms with E-state index in [1.807, 2.05) is 0 Å². The van der Waals surface area contributed by atoms with Gasteiger partial charge in [0.15, 0.2) is 0 Å². The molecule has 0 radical (unpaired) electrons. The molecule has 2 rings (SSSR count). The summed E-state index contributed by atoms with van der Waals surface area (Å²) in [6.45, 7) is 0.381. The molecule has 2 aromatic rings. The van der Waals surface area contributed by atoms with Gasteiger partial charge in [-0.25, -0.2) is 0 Å². The maximum atomic E-state index is 10.5. The van der Waals surface area contributed by atoms with Crippen molar-refractivity contribution in [3.8, 4) is 0 Å². The quantitative estimate of drug-likeness (QED) is 0.637. The predicted molar refractivity (Wildman–Crippen MR) is 62.1 cm³/mol. The molecule has 0 amide bonds. The van der Waals surface area contributed by atoms with E-state index in [1.165, 1.54) is 21.8 Å². The van der Waals surface area contributed by atoms with Crippen LogP contribution in [0.2, 0.25) is 5.02 Å². The molecule has 1 unspecified atom stereocenters. The fraction of sp³-hybridized carbons (Fsp3) is 0.333. The minimum atomic E-state index is -0.763. The number of hydrogen-bond acceptors (Lipinski definition) is 5. The van der Waals surface area contributed by atoms with Crippen LogP contribution in [0.5, 0.6) is 0 Å². The molecule has 2 aromatic heterocycles. The average Bonchev–Trinajstić information content (AvgIpc) is 2.88. The molecule has 0 aliphatic carbocycles. The van der Waals surface area contributed by atoms with Crippen LogP contribution in [0.15, 0.2) is 24.8 Å². The van der Waals surface area contributed by atoms with Crippen molar-refractivity contribution in [1.82, 2.24) is 19.6 Å². The maximum Gasteiger partial charge on any atom is 0.306 e. The number of hydrogen-bond donors (Lipinski definition) is 1. The second kappa shape index (κ2) is 5.15. The second-order valence-electron chi connectivity index (χ2n) is 3.71. The van der Waals surface area contributed by atoms with Gasteiger partial charge in [0.2, 0.25) is 0 Å². The lowest BCUT2D eigenvalue weighted by Crippen LogP contribution is -2.22. The van der Waals surface area contributed by atoms with Crippen LogP contribution < -0.4 is 0 Å². The van der Waals surface area contributed by atoms with Crippen molar-refractivity contribution in [2.24, 2.45) is 0 Å². The van der Waals surface area contributed by atoms with Gasteiger partial charge < -0.3 is 5.11 Å². The summed E-state index contributed by atoms with van der Waals surface area (Å²) in [7, 11) is 0. The molecule has 0 aromatic carbocycles. The van der Waals surface area contributed by atoms with Crippen molar-refractivity contribution in [1.29, 1.82) is 0 Å². The van der Waals surface area contributed by atoms with Gasteiger partial charge in [0, 0.05) is 6.20 Å². The maximum absolute atomic E-state index is 10.5. The molecule has 0 fully saturated rings. The highest BCUT2D eigenvalue weighted by Gasteiger charge is 2.12. The van der Waals surface area contributed by atoms with Gasteiger partial charge in [-0.2, -0.15) is 10.2 Å². The molecule has 0 bridgehead atoms. The SMILES string of the molecule is O=[N+]([O-])c1cnn(CC(O)Cn2cc(Cl)cn2)c1. The zero-order valence-electron chi connectivity index (χ0n) is 9.18. The van der Waals surface area contributed by atoms with Crippen LogP contribution in [-0.4, -0.2) is 35.7 Å². The monoisotopic (exact) mass is 271 g/mol. The normalized spacial score (nSPS) is 12.6. The van der Waals surface area contributed by atoms with Crippen LogP contribution in [0.3, 0.4) is 0 Å². The van der Waals surface area contributed by atoms with E-state index in [1.54, 1.807) is 6.20 Å². The van der Waals surface area contributed by atoms with Gasteiger partial charge in [0.05, 0.1) is 35.3 Å². The molecule has 0 aliphatic heterocycles. The molecule has 0 saturated heterocycles. The lowest BCUT2D eigenvalue weighted by atomic mass is 10.3. The molecule has 1 atom stereocenters. The highest BCUT2D eigenvalue weighted by Crippen LogP contribution is 2.09. The number of nitro groups is 1. The van der Waals surface area contributed by atoms with Gasteiger partial charge in [-0.3, -0.25) is 19.5 Å². The standard InChI is InChI=1S/C9H10ClN5O3/c10-7-1-11-13(3-7)5-9(16)6-14-4-8(2-12-14)15(17)18/h1-4,9,16H,5-6H2. The number of aliphatic hydroxyl groups excluding tert-OH is 1. The molecule has 96 valence electrons. The fourth-order valence-corrected chi connectivity index (χ4v) is 1.63. The van der Waals surface area contributed by atoms with Crippen LogP contribution in [0.1, 0.15) is 0 Å². The number of aromatic nitrogens is 4. The van der Waals surface area contributed by atoms with Crippen LogP contribution in [-0.2, 0) is 13.1 Å². The van der Waals surface area contributed by atoms with Gasteiger partial charge >= 0.3 is 5.69 Å². The van der Waals surface area contributed by atoms with E-state index in [0.717, 1.165) is 6.20 Å². The third-order valence-electron chi connectivity index (χ3n) is 2.23. The lowest BCUT2D eigenvalue weighted by molar-refractivity contribution is -0.385. The van der Waals surface area contributed by atoms with Crippen molar-refractivity contribution in [2.45, 2.75) is 19.2 Å². The summed E-state index contributed by atoms with van der Waals surface area (Å²) in [4.78, 5) is 9.92. The van der Waals surface area contributed by atoms with Crippen molar-refractivity contribution in [3.63, 3.8) is 0 Å². The van der Waals surface area contributed by atoms with Gasteiger partial charge in [-0.1, -0.05) is 11.6 Å². The van der Waals surface area contributed by atoms with E-state index in [2.05, 4.69) is 10.2 Å². The van der Waals surface area contributed by atoms with E-state index < -0.39 is 11.0 Å². The average molecular weight is 272 g/mol. The van der Waals surface area contributed by atoms with Gasteiger partial charge in [0.25, 0.3) is 0 Å². The van der Waals surface area contributed by atoms with Crippen LogP contribution in [0.25, 0.3) is 0 Å². The number of rotatable bonds is 5. The van der Waals surface area contributed by atoms with Gasteiger partial charge in [0.1, 0.15) is 12.4 Å². The molecule has 18 heavy (non-hydrogen) atoms. The Morgan fingerprint density at radius 3 is 2.44 bits per heavy atom. The Kier molecular flexibility index (Phi) is 3.58. The van der Waals surface area contributed by atoms with Gasteiger partial charge in [-0.05, 0) is 0 Å². The first-order valence-electron chi connectivity index (χ1n) is 5.07. The largest absolute Gasteiger partial charge is 0.389 e. The third-order valence-corrected chi connectivity index (χ3v) is 2.42. The van der Waals surface area contributed by atoms with Crippen LogP contribution in [0, 0.1) is 10.1 Å². The third kappa shape index (κ3) is 3.05. The van der Waals surface area contributed by atoms with E-state index in [-0.39, 0.29) is 18.8 Å². The Morgan fingerprint density at radius 1 is 1.33 bits per heavy atom. The number of aliphatic hydroxyl groups is 1. The highest BCUT2D eigenvalue weighted by molar-refractivity contribution is 6.30. The summed E-state index contributed by atoms with van der Waals surface area (Å²) >= 11 is 5.68. The molecule has 1 N–H and O–H groups in total. The smallest absolute Gasteiger partial charge is 0.306 e. The van der Waals surface area contributed by atoms with E-state index in [0.29, 0.717) is 5.02 Å². The lowest BCUT2D eigenvalue weighted by Gasteiger charge is -2.10. The second-order valence-corrected chi connectivity index (χ2v) is 4.15. The number of nitrogens with zero attached hydrogens (tertiary/aromatic N) is 5. The summed E-state index contributed by atoms with van der Waals surface area (Å²) < 4.78 is 2.80. The highest BCUT2D eigenvalue weighted by atomic mass is 35.5. The first kappa shape index (κ1) is 12.5. The minimum absolute atomic E-state index is 0.107. The van der Waals surface area contributed by atoms with Crippen molar-refractivity contribution < 1.29 is 10.0 Å². The summed E-state index contributed by atoms with van der Waals surface area (Å²) in [5.41, 5.74) is -0.107. The minimum Gasteiger partial charge on any atom is -0.389 e. The Bertz CT molecular complexity index is 552. The van der Waals surface area contributed by atoms with E-state index in [9.17, 15) is 15.2 Å². The molecule has 0 spiro atoms. The van der Waals surface area contributed by atoms with Crippen LogP contribution in [0.4, 0.5) is 5.69 Å². The van der Waals surface area contributed by atoms with Gasteiger partial charge in [-0.15, -0.1) is 0 Å². The molecular formula is C9H10ClN5O3. The fourth-order valence-electron chi connectivity index (χ4n) is 1.47. The van der Waals surface area contributed by atoms with E-state index >= 15 is 0 Å². The molecular weight excluding hydrogens is 262 g/mol. The molecule has 8 nitrogen and oxygen atoms in total. The van der Waals surface area contributed by atoms with Crippen molar-refractivity contribution in [2.75, 3.05) is 0 Å². The summed E-state index contributed by atoms with van der Waals surface area (Å²) in [6.07, 6.45) is 4.68. The Labute approximate surface area is 107 Å². The molecule has 0 aliphatic rings. The summed E-state index contributed by atoms with van der Waals surface area (Å²) in [5.74, 6) is 0. The molecule has 0 saturated carbocycles. The first-order valence-corrected chi connectivity index (χ1v) is 5.45. The zero-order chi connectivity index (χ0) is 13.1. The Morgan fingerprint density at radius 2 is 1.94 bits per heavy atom. The molecule has 9 heteroatoms. The summed E-state index contributed by atoms with van der Waals surface area (Å²) in [6, 6.07) is 0. The zero-order valence-corrected chi connectivity index (χ0v) is 9.93.